The average Bonchev–Trinajstić information content (AvgIpc) is 3.00. The number of hydrogen-bond acceptors (Lipinski definition) is 3. The smallest absolute Gasteiger partial charge is 0.268 e. The summed E-state index contributed by atoms with van der Waals surface area (Å²) in [5, 5.41) is 2.87. The molecule has 1 unspecified atom stereocenters. The number of hydrogen-bond donors (Lipinski definition) is 1. The van der Waals surface area contributed by atoms with Gasteiger partial charge in [-0.05, 0) is 31.7 Å². The summed E-state index contributed by atoms with van der Waals surface area (Å²) < 4.78 is 23.8. The Morgan fingerprint density at radius 3 is 2.61 bits per heavy atom. The first-order valence-electron chi connectivity index (χ1n) is 5.71. The number of halogens is 1. The van der Waals surface area contributed by atoms with Gasteiger partial charge in [-0.3, -0.25) is 4.79 Å². The van der Waals surface area contributed by atoms with Crippen LogP contribution in [0.5, 0.6) is 0 Å². The number of nitrogens with zero attached hydrogens (tertiary/aromatic N) is 1. The average molecular weight is 291 g/mol. The molecule has 1 saturated carbocycles. The molecule has 0 spiro atoms. The van der Waals surface area contributed by atoms with E-state index in [1.807, 2.05) is 6.92 Å². The number of rotatable bonds is 4. The molecule has 1 atom stereocenters. The summed E-state index contributed by atoms with van der Waals surface area (Å²) in [4.78, 5) is 11.9. The van der Waals surface area contributed by atoms with Crippen LogP contribution >= 0.6 is 10.7 Å². The predicted molar refractivity (Wildman–Crippen MR) is 68.1 cm³/mol. The van der Waals surface area contributed by atoms with Crippen LogP contribution in [0.15, 0.2) is 17.2 Å². The first-order chi connectivity index (χ1) is 8.29. The molecule has 0 aliphatic heterocycles. The lowest BCUT2D eigenvalue weighted by molar-refractivity contribution is 0.0927. The summed E-state index contributed by atoms with van der Waals surface area (Å²) >= 11 is 0. The van der Waals surface area contributed by atoms with Gasteiger partial charge < -0.3 is 9.88 Å². The van der Waals surface area contributed by atoms with E-state index in [-0.39, 0.29) is 16.8 Å². The molecule has 18 heavy (non-hydrogen) atoms. The van der Waals surface area contributed by atoms with Gasteiger partial charge in [0, 0.05) is 30.0 Å². The topological polar surface area (TPSA) is 68.2 Å². The highest BCUT2D eigenvalue weighted by atomic mass is 35.7. The first-order valence-corrected chi connectivity index (χ1v) is 8.02. The third kappa shape index (κ3) is 2.87. The predicted octanol–water partition coefficient (Wildman–Crippen LogP) is 1.48. The van der Waals surface area contributed by atoms with E-state index in [0.717, 1.165) is 12.8 Å². The van der Waals surface area contributed by atoms with Crippen molar-refractivity contribution in [2.75, 3.05) is 0 Å². The van der Waals surface area contributed by atoms with Crippen LogP contribution < -0.4 is 5.32 Å². The molecule has 1 aromatic rings. The van der Waals surface area contributed by atoms with Crippen LogP contribution in [0.1, 0.15) is 30.3 Å². The maximum Gasteiger partial charge on any atom is 0.268 e. The van der Waals surface area contributed by atoms with Gasteiger partial charge in [-0.15, -0.1) is 0 Å². The Bertz CT molecular complexity index is 575. The fourth-order valence-electron chi connectivity index (χ4n) is 1.89. The van der Waals surface area contributed by atoms with Crippen molar-refractivity contribution in [3.05, 3.63) is 18.0 Å². The molecule has 100 valence electrons. The number of carbonyl (C=O) groups is 1. The number of carbonyl (C=O) groups excluding carboxylic acids is 1. The van der Waals surface area contributed by atoms with Gasteiger partial charge in [0.25, 0.3) is 15.0 Å². The van der Waals surface area contributed by atoms with Crippen molar-refractivity contribution in [2.45, 2.75) is 30.7 Å². The Labute approximate surface area is 111 Å². The molecular formula is C11H15ClN2O3S. The Balaban J connectivity index is 2.17. The SMILES string of the molecule is CC(NC(=O)c1cc(S(=O)(=O)Cl)cn1C)C1CC1. The Kier molecular flexibility index (Phi) is 3.42. The zero-order valence-electron chi connectivity index (χ0n) is 10.2. The quantitative estimate of drug-likeness (QED) is 0.854. The molecule has 7 heteroatoms. The van der Waals surface area contributed by atoms with Gasteiger partial charge in [-0.25, -0.2) is 8.42 Å². The van der Waals surface area contributed by atoms with Gasteiger partial charge in [-0.1, -0.05) is 0 Å². The Morgan fingerprint density at radius 2 is 2.17 bits per heavy atom. The number of amides is 1. The maximum atomic E-state index is 12.0. The van der Waals surface area contributed by atoms with E-state index < -0.39 is 9.05 Å². The van der Waals surface area contributed by atoms with Crippen molar-refractivity contribution in [3.63, 3.8) is 0 Å². The van der Waals surface area contributed by atoms with E-state index in [2.05, 4.69) is 5.32 Å². The van der Waals surface area contributed by atoms with Crippen molar-refractivity contribution in [1.29, 1.82) is 0 Å². The molecule has 1 aromatic heterocycles. The van der Waals surface area contributed by atoms with E-state index in [1.54, 1.807) is 7.05 Å². The highest BCUT2D eigenvalue weighted by Gasteiger charge is 2.29. The number of aryl methyl sites for hydroxylation is 1. The lowest BCUT2D eigenvalue weighted by Crippen LogP contribution is -2.34. The van der Waals surface area contributed by atoms with Crippen LogP contribution in [-0.2, 0) is 16.1 Å². The number of nitrogens with one attached hydrogen (secondary N) is 1. The molecule has 1 amide bonds. The lowest BCUT2D eigenvalue weighted by Gasteiger charge is -2.12. The molecule has 0 bridgehead atoms. The summed E-state index contributed by atoms with van der Waals surface area (Å²) in [6.45, 7) is 1.96. The van der Waals surface area contributed by atoms with Crippen LogP contribution in [0.4, 0.5) is 0 Å². The van der Waals surface area contributed by atoms with E-state index in [1.165, 1.54) is 16.8 Å². The van der Waals surface area contributed by atoms with E-state index in [9.17, 15) is 13.2 Å². The zero-order valence-corrected chi connectivity index (χ0v) is 11.8. The molecule has 0 radical (unpaired) electrons. The van der Waals surface area contributed by atoms with E-state index in [4.69, 9.17) is 10.7 Å². The molecule has 0 aromatic carbocycles. The lowest BCUT2D eigenvalue weighted by atomic mass is 10.2. The molecule has 0 saturated heterocycles. The third-order valence-corrected chi connectivity index (χ3v) is 4.50. The minimum absolute atomic E-state index is 0.0594. The van der Waals surface area contributed by atoms with Gasteiger partial charge in [0.05, 0.1) is 0 Å². The molecule has 2 rings (SSSR count). The third-order valence-electron chi connectivity index (χ3n) is 3.18. The van der Waals surface area contributed by atoms with E-state index in [0.29, 0.717) is 11.6 Å². The standard InChI is InChI=1S/C11H15ClN2O3S/c1-7(8-3-4-8)13-11(15)10-5-9(6-14(10)2)18(12,16)17/h5-8H,3-4H2,1-2H3,(H,13,15). The molecule has 1 aliphatic carbocycles. The summed E-state index contributed by atoms with van der Waals surface area (Å²) in [7, 11) is 3.06. The summed E-state index contributed by atoms with van der Waals surface area (Å²) in [5.74, 6) is 0.272. The summed E-state index contributed by atoms with van der Waals surface area (Å²) in [6, 6.07) is 1.40. The van der Waals surface area contributed by atoms with Gasteiger partial charge in [-0.2, -0.15) is 0 Å². The Morgan fingerprint density at radius 1 is 1.56 bits per heavy atom. The van der Waals surface area contributed by atoms with Crippen LogP contribution in [0, 0.1) is 5.92 Å². The second-order valence-electron chi connectivity index (χ2n) is 4.71. The van der Waals surface area contributed by atoms with Crippen molar-refractivity contribution < 1.29 is 13.2 Å². The van der Waals surface area contributed by atoms with Gasteiger partial charge >= 0.3 is 0 Å². The molecular weight excluding hydrogens is 276 g/mol. The number of aromatic nitrogens is 1. The van der Waals surface area contributed by atoms with Gasteiger partial charge in [0.1, 0.15) is 10.6 Å². The molecule has 1 heterocycles. The minimum Gasteiger partial charge on any atom is -0.348 e. The van der Waals surface area contributed by atoms with Crippen molar-refractivity contribution in [2.24, 2.45) is 13.0 Å². The molecule has 1 aliphatic rings. The largest absolute Gasteiger partial charge is 0.348 e. The normalized spacial score (nSPS) is 17.5. The second-order valence-corrected chi connectivity index (χ2v) is 7.28. The fourth-order valence-corrected chi connectivity index (χ4v) is 2.68. The highest BCUT2D eigenvalue weighted by Crippen LogP contribution is 2.32. The summed E-state index contributed by atoms with van der Waals surface area (Å²) in [5.41, 5.74) is 0.293. The maximum absolute atomic E-state index is 12.0. The highest BCUT2D eigenvalue weighted by molar-refractivity contribution is 8.13. The fraction of sp³-hybridized carbons (Fsp3) is 0.545. The Hall–Kier alpha value is -1.01. The van der Waals surface area contributed by atoms with Crippen molar-refractivity contribution in [3.8, 4) is 0 Å². The summed E-state index contributed by atoms with van der Waals surface area (Å²) in [6.07, 6.45) is 3.60. The van der Waals surface area contributed by atoms with Crippen LogP contribution in [0.3, 0.4) is 0 Å². The van der Waals surface area contributed by atoms with Gasteiger partial charge in [0.15, 0.2) is 0 Å². The second kappa shape index (κ2) is 4.59. The van der Waals surface area contributed by atoms with Crippen molar-refractivity contribution in [1.82, 2.24) is 9.88 Å². The van der Waals surface area contributed by atoms with Gasteiger partial charge in [0.2, 0.25) is 0 Å². The molecule has 1 N–H and O–H groups in total. The van der Waals surface area contributed by atoms with E-state index >= 15 is 0 Å². The monoisotopic (exact) mass is 290 g/mol. The minimum atomic E-state index is -3.80. The van der Waals surface area contributed by atoms with Crippen LogP contribution in [0.2, 0.25) is 0 Å². The van der Waals surface area contributed by atoms with Crippen LogP contribution in [-0.4, -0.2) is 24.9 Å². The zero-order chi connectivity index (χ0) is 13.5. The van der Waals surface area contributed by atoms with Crippen LogP contribution in [0.25, 0.3) is 0 Å². The first kappa shape index (κ1) is 13.4. The van der Waals surface area contributed by atoms with Crippen molar-refractivity contribution >= 4 is 25.6 Å². The molecule has 1 fully saturated rings. The molecule has 5 nitrogen and oxygen atoms in total.